The number of urea groups is 1. The Hall–Kier alpha value is -3.16. The monoisotopic (exact) mass is 320 g/mol. The summed E-state index contributed by atoms with van der Waals surface area (Å²) in [7, 11) is 0. The lowest BCUT2D eigenvalue weighted by Gasteiger charge is -2.17. The average molecular weight is 320 g/mol. The van der Waals surface area contributed by atoms with E-state index in [1.807, 2.05) is 0 Å². The predicted molar refractivity (Wildman–Crippen MR) is 76.5 cm³/mol. The van der Waals surface area contributed by atoms with Crippen LogP contribution in [0.3, 0.4) is 0 Å². The number of hydrogen-bond acceptors (Lipinski definition) is 4. The minimum Gasteiger partial charge on any atom is -0.454 e. The summed E-state index contributed by atoms with van der Waals surface area (Å²) in [5.74, 6) is -1.51. The van der Waals surface area contributed by atoms with Crippen LogP contribution in [0.25, 0.3) is 0 Å². The highest BCUT2D eigenvalue weighted by atomic mass is 19.2. The van der Waals surface area contributed by atoms with Gasteiger partial charge in [-0.1, -0.05) is 6.07 Å². The molecule has 8 heteroatoms. The van der Waals surface area contributed by atoms with E-state index in [0.717, 1.165) is 12.1 Å². The molecule has 0 aliphatic carbocycles. The van der Waals surface area contributed by atoms with E-state index in [9.17, 15) is 18.4 Å². The Labute approximate surface area is 129 Å². The number of nitrogens with one attached hydrogen (secondary N) is 1. The van der Waals surface area contributed by atoms with Crippen molar-refractivity contribution in [3.05, 3.63) is 48.0 Å². The molecule has 6 nitrogen and oxygen atoms in total. The molecule has 1 heterocycles. The lowest BCUT2D eigenvalue weighted by Crippen LogP contribution is -2.34. The molecule has 0 saturated heterocycles. The molecule has 118 valence electrons. The van der Waals surface area contributed by atoms with E-state index in [4.69, 9.17) is 9.47 Å². The molecule has 0 bridgehead atoms. The fraction of sp³-hybridized carbons (Fsp3) is 0.0667. The summed E-state index contributed by atoms with van der Waals surface area (Å²) in [6.07, 6.45) is 0.0974. The SMILES string of the molecule is O=CN(C(=O)Nc1ccc2c(c1)OCO2)c1cccc(F)c1F. The van der Waals surface area contributed by atoms with Gasteiger partial charge in [0.2, 0.25) is 13.2 Å². The quantitative estimate of drug-likeness (QED) is 0.883. The summed E-state index contributed by atoms with van der Waals surface area (Å²) in [5.41, 5.74) is -0.179. The van der Waals surface area contributed by atoms with Gasteiger partial charge in [-0.2, -0.15) is 0 Å². The van der Waals surface area contributed by atoms with Crippen LogP contribution in [0.5, 0.6) is 11.5 Å². The fourth-order valence-corrected chi connectivity index (χ4v) is 2.05. The number of nitrogens with zero attached hydrogens (tertiary/aromatic N) is 1. The zero-order chi connectivity index (χ0) is 16.4. The second kappa shape index (κ2) is 5.91. The van der Waals surface area contributed by atoms with Crippen LogP contribution in [0.4, 0.5) is 25.0 Å². The molecule has 0 spiro atoms. The Bertz CT molecular complexity index is 782. The highest BCUT2D eigenvalue weighted by Gasteiger charge is 2.21. The number of benzene rings is 2. The molecular weight excluding hydrogens is 310 g/mol. The lowest BCUT2D eigenvalue weighted by molar-refractivity contribution is -0.106. The number of carbonyl (C=O) groups is 2. The molecule has 2 aromatic carbocycles. The number of fused-ring (bicyclic) bond motifs is 1. The van der Waals surface area contributed by atoms with Gasteiger partial charge in [-0.25, -0.2) is 18.5 Å². The minimum absolute atomic E-state index is 0.0711. The minimum atomic E-state index is -1.29. The normalized spacial score (nSPS) is 11.9. The first kappa shape index (κ1) is 14.8. The maximum atomic E-state index is 13.7. The van der Waals surface area contributed by atoms with E-state index >= 15 is 0 Å². The number of halogens is 2. The zero-order valence-electron chi connectivity index (χ0n) is 11.6. The number of imide groups is 1. The van der Waals surface area contributed by atoms with Crippen LogP contribution in [0.15, 0.2) is 36.4 Å². The van der Waals surface area contributed by atoms with Crippen LogP contribution in [0.2, 0.25) is 0 Å². The maximum Gasteiger partial charge on any atom is 0.333 e. The Morgan fingerprint density at radius 2 is 1.96 bits per heavy atom. The third-order valence-electron chi connectivity index (χ3n) is 3.14. The molecule has 0 aromatic heterocycles. The van der Waals surface area contributed by atoms with Crippen LogP contribution < -0.4 is 19.7 Å². The summed E-state index contributed by atoms with van der Waals surface area (Å²) in [5, 5.41) is 2.40. The van der Waals surface area contributed by atoms with Gasteiger partial charge in [-0.05, 0) is 24.3 Å². The second-order valence-corrected chi connectivity index (χ2v) is 4.55. The van der Waals surface area contributed by atoms with Gasteiger partial charge in [0, 0.05) is 11.8 Å². The van der Waals surface area contributed by atoms with E-state index in [1.54, 1.807) is 6.07 Å². The van der Waals surface area contributed by atoms with Crippen LogP contribution in [-0.4, -0.2) is 19.2 Å². The van der Waals surface area contributed by atoms with E-state index < -0.39 is 23.4 Å². The van der Waals surface area contributed by atoms with E-state index in [1.165, 1.54) is 18.2 Å². The third-order valence-corrected chi connectivity index (χ3v) is 3.14. The summed E-state index contributed by atoms with van der Waals surface area (Å²) >= 11 is 0. The van der Waals surface area contributed by atoms with Gasteiger partial charge in [0.1, 0.15) is 0 Å². The van der Waals surface area contributed by atoms with Crippen LogP contribution in [-0.2, 0) is 4.79 Å². The van der Waals surface area contributed by atoms with Gasteiger partial charge in [0.25, 0.3) is 0 Å². The van der Waals surface area contributed by atoms with Gasteiger partial charge in [-0.3, -0.25) is 4.79 Å². The highest BCUT2D eigenvalue weighted by molar-refractivity contribution is 6.12. The number of ether oxygens (including phenoxy) is 2. The standard InChI is InChI=1S/C15H10F2N2O4/c16-10-2-1-3-11(14(10)17)19(7-20)15(21)18-9-4-5-12-13(6-9)23-8-22-12/h1-7H,8H2,(H,18,21). The van der Waals surface area contributed by atoms with E-state index in [0.29, 0.717) is 22.1 Å². The van der Waals surface area contributed by atoms with Crippen LogP contribution >= 0.6 is 0 Å². The van der Waals surface area contributed by atoms with Crippen molar-refractivity contribution >= 4 is 23.8 Å². The lowest BCUT2D eigenvalue weighted by atomic mass is 10.2. The largest absolute Gasteiger partial charge is 0.454 e. The van der Waals surface area contributed by atoms with Gasteiger partial charge in [0.15, 0.2) is 23.1 Å². The Morgan fingerprint density at radius 1 is 1.17 bits per heavy atom. The summed E-state index contributed by atoms with van der Waals surface area (Å²) in [6.45, 7) is 0.0711. The van der Waals surface area contributed by atoms with Crippen molar-refractivity contribution in [2.75, 3.05) is 17.0 Å². The number of amides is 3. The first-order valence-corrected chi connectivity index (χ1v) is 6.49. The molecule has 0 saturated carbocycles. The first-order valence-electron chi connectivity index (χ1n) is 6.49. The molecule has 0 unspecified atom stereocenters. The second-order valence-electron chi connectivity index (χ2n) is 4.55. The molecule has 23 heavy (non-hydrogen) atoms. The van der Waals surface area contributed by atoms with Crippen molar-refractivity contribution < 1.29 is 27.8 Å². The third kappa shape index (κ3) is 2.78. The number of hydrogen-bond donors (Lipinski definition) is 1. The Kier molecular flexibility index (Phi) is 3.80. The Balaban J connectivity index is 1.83. The molecule has 1 aliphatic heterocycles. The van der Waals surface area contributed by atoms with Crippen LogP contribution in [0, 0.1) is 11.6 Å². The van der Waals surface area contributed by atoms with Crippen molar-refractivity contribution in [3.8, 4) is 11.5 Å². The first-order chi connectivity index (χ1) is 11.1. The molecule has 1 N–H and O–H groups in total. The van der Waals surface area contributed by atoms with Crippen molar-refractivity contribution in [1.29, 1.82) is 0 Å². The fourth-order valence-electron chi connectivity index (χ4n) is 2.05. The molecule has 0 atom stereocenters. The number of anilines is 2. The molecule has 2 aromatic rings. The summed E-state index contributed by atoms with van der Waals surface area (Å²) < 4.78 is 37.3. The van der Waals surface area contributed by atoms with Gasteiger partial charge >= 0.3 is 6.03 Å². The summed E-state index contributed by atoms with van der Waals surface area (Å²) in [6, 6.07) is 6.85. The van der Waals surface area contributed by atoms with Gasteiger partial charge in [0.05, 0.1) is 5.69 Å². The molecule has 1 aliphatic rings. The molecular formula is C15H10F2N2O4. The van der Waals surface area contributed by atoms with Crippen molar-refractivity contribution in [3.63, 3.8) is 0 Å². The van der Waals surface area contributed by atoms with Crippen LogP contribution in [0.1, 0.15) is 0 Å². The van der Waals surface area contributed by atoms with Crippen molar-refractivity contribution in [2.24, 2.45) is 0 Å². The van der Waals surface area contributed by atoms with E-state index in [2.05, 4.69) is 5.32 Å². The zero-order valence-corrected chi connectivity index (χ0v) is 11.6. The number of rotatable bonds is 3. The molecule has 0 radical (unpaired) electrons. The number of carbonyl (C=O) groups excluding carboxylic acids is 2. The smallest absolute Gasteiger partial charge is 0.333 e. The maximum absolute atomic E-state index is 13.7. The van der Waals surface area contributed by atoms with Gasteiger partial charge in [-0.15, -0.1) is 0 Å². The van der Waals surface area contributed by atoms with Crippen molar-refractivity contribution in [1.82, 2.24) is 0 Å². The highest BCUT2D eigenvalue weighted by Crippen LogP contribution is 2.34. The molecule has 3 rings (SSSR count). The Morgan fingerprint density at radius 3 is 2.74 bits per heavy atom. The summed E-state index contributed by atoms with van der Waals surface area (Å²) in [4.78, 5) is 23.7. The molecule has 3 amide bonds. The van der Waals surface area contributed by atoms with Gasteiger partial charge < -0.3 is 14.8 Å². The predicted octanol–water partition coefficient (Wildman–Crippen LogP) is 2.89. The van der Waals surface area contributed by atoms with Crippen molar-refractivity contribution in [2.45, 2.75) is 0 Å². The van der Waals surface area contributed by atoms with E-state index in [-0.39, 0.29) is 13.2 Å². The average Bonchev–Trinajstić information content (AvgIpc) is 3.00. The molecule has 0 fully saturated rings. The topological polar surface area (TPSA) is 67.9 Å².